The highest BCUT2D eigenvalue weighted by atomic mass is 16.5. The van der Waals surface area contributed by atoms with Gasteiger partial charge in [0.25, 0.3) is 0 Å². The smallest absolute Gasteiger partial charge is 0.124 e. The molecule has 0 saturated heterocycles. The van der Waals surface area contributed by atoms with Crippen LogP contribution < -0.4 is 4.74 Å². The first-order chi connectivity index (χ1) is 8.08. The van der Waals surface area contributed by atoms with Crippen molar-refractivity contribution in [3.8, 4) is 5.75 Å². The van der Waals surface area contributed by atoms with Gasteiger partial charge in [0.1, 0.15) is 5.75 Å². The number of hydrogen-bond donors (Lipinski definition) is 1. The van der Waals surface area contributed by atoms with Crippen LogP contribution in [0.5, 0.6) is 5.75 Å². The number of benzene rings is 1. The molecule has 0 bridgehead atoms. The number of hydrogen-bond acceptors (Lipinski definition) is 3. The van der Waals surface area contributed by atoms with E-state index in [9.17, 15) is 0 Å². The predicted octanol–water partition coefficient (Wildman–Crippen LogP) is 1.78. The van der Waals surface area contributed by atoms with Crippen LogP contribution in [-0.4, -0.2) is 43.9 Å². The van der Waals surface area contributed by atoms with Gasteiger partial charge in [0.15, 0.2) is 0 Å². The SMILES string of the molecule is COc1c(C)cc(CCN(C)CCO)cc1C. The van der Waals surface area contributed by atoms with Gasteiger partial charge in [-0.25, -0.2) is 0 Å². The van der Waals surface area contributed by atoms with E-state index in [0.717, 1.165) is 25.3 Å². The lowest BCUT2D eigenvalue weighted by Gasteiger charge is -2.16. The molecule has 17 heavy (non-hydrogen) atoms. The van der Waals surface area contributed by atoms with Crippen LogP contribution in [0, 0.1) is 13.8 Å². The minimum absolute atomic E-state index is 0.219. The van der Waals surface area contributed by atoms with E-state index in [1.165, 1.54) is 16.7 Å². The molecular weight excluding hydrogens is 214 g/mol. The van der Waals surface area contributed by atoms with E-state index in [2.05, 4.69) is 30.9 Å². The van der Waals surface area contributed by atoms with Crippen molar-refractivity contribution < 1.29 is 9.84 Å². The molecule has 0 fully saturated rings. The molecule has 0 radical (unpaired) electrons. The first-order valence-electron chi connectivity index (χ1n) is 6.02. The number of aliphatic hydroxyl groups excluding tert-OH is 1. The van der Waals surface area contributed by atoms with Crippen molar-refractivity contribution in [2.75, 3.05) is 33.9 Å². The van der Waals surface area contributed by atoms with E-state index in [1.54, 1.807) is 7.11 Å². The molecular formula is C14H23NO2. The van der Waals surface area contributed by atoms with Crippen LogP contribution in [0.2, 0.25) is 0 Å². The molecule has 0 aliphatic heterocycles. The Labute approximate surface area is 104 Å². The maximum Gasteiger partial charge on any atom is 0.124 e. The Morgan fingerprint density at radius 3 is 2.24 bits per heavy atom. The fourth-order valence-corrected chi connectivity index (χ4v) is 2.11. The van der Waals surface area contributed by atoms with Crippen LogP contribution in [0.1, 0.15) is 16.7 Å². The van der Waals surface area contributed by atoms with Crippen molar-refractivity contribution in [2.24, 2.45) is 0 Å². The summed E-state index contributed by atoms with van der Waals surface area (Å²) < 4.78 is 5.35. The van der Waals surface area contributed by atoms with Gasteiger partial charge in [-0.15, -0.1) is 0 Å². The average molecular weight is 237 g/mol. The number of nitrogens with zero attached hydrogens (tertiary/aromatic N) is 1. The predicted molar refractivity (Wildman–Crippen MR) is 70.8 cm³/mol. The van der Waals surface area contributed by atoms with Crippen LogP contribution >= 0.6 is 0 Å². The zero-order chi connectivity index (χ0) is 12.8. The zero-order valence-electron chi connectivity index (χ0n) is 11.3. The van der Waals surface area contributed by atoms with Crippen LogP contribution in [0.15, 0.2) is 12.1 Å². The van der Waals surface area contributed by atoms with Gasteiger partial charge >= 0.3 is 0 Å². The molecule has 1 aromatic rings. The Morgan fingerprint density at radius 1 is 1.18 bits per heavy atom. The van der Waals surface area contributed by atoms with E-state index >= 15 is 0 Å². The first kappa shape index (κ1) is 14.0. The second-order valence-electron chi connectivity index (χ2n) is 4.54. The number of aryl methyl sites for hydroxylation is 2. The van der Waals surface area contributed by atoms with E-state index in [-0.39, 0.29) is 6.61 Å². The Morgan fingerprint density at radius 2 is 1.76 bits per heavy atom. The van der Waals surface area contributed by atoms with Crippen molar-refractivity contribution in [3.63, 3.8) is 0 Å². The van der Waals surface area contributed by atoms with Crippen molar-refractivity contribution in [3.05, 3.63) is 28.8 Å². The lowest BCUT2D eigenvalue weighted by molar-refractivity contribution is 0.223. The van der Waals surface area contributed by atoms with E-state index in [1.807, 2.05) is 7.05 Å². The van der Waals surface area contributed by atoms with Gasteiger partial charge in [0.05, 0.1) is 13.7 Å². The molecule has 3 nitrogen and oxygen atoms in total. The van der Waals surface area contributed by atoms with Crippen molar-refractivity contribution >= 4 is 0 Å². The van der Waals surface area contributed by atoms with Crippen molar-refractivity contribution in [2.45, 2.75) is 20.3 Å². The van der Waals surface area contributed by atoms with Gasteiger partial charge in [0, 0.05) is 13.1 Å². The average Bonchev–Trinajstić information content (AvgIpc) is 2.26. The molecule has 0 aliphatic rings. The van der Waals surface area contributed by atoms with Gasteiger partial charge in [0.2, 0.25) is 0 Å². The Bertz CT molecular complexity index is 340. The van der Waals surface area contributed by atoms with E-state index in [0.29, 0.717) is 0 Å². The lowest BCUT2D eigenvalue weighted by Crippen LogP contribution is -2.24. The molecule has 0 heterocycles. The largest absolute Gasteiger partial charge is 0.496 e. The third-order valence-corrected chi connectivity index (χ3v) is 2.99. The van der Waals surface area contributed by atoms with E-state index < -0.39 is 0 Å². The molecule has 1 rings (SSSR count). The number of rotatable bonds is 6. The van der Waals surface area contributed by atoms with Gasteiger partial charge in [-0.3, -0.25) is 0 Å². The maximum atomic E-state index is 8.83. The first-order valence-corrected chi connectivity index (χ1v) is 6.02. The monoisotopic (exact) mass is 237 g/mol. The summed E-state index contributed by atoms with van der Waals surface area (Å²) in [6.07, 6.45) is 1.00. The molecule has 0 atom stereocenters. The summed E-state index contributed by atoms with van der Waals surface area (Å²) in [6.45, 7) is 6.07. The van der Waals surface area contributed by atoms with Crippen LogP contribution in [-0.2, 0) is 6.42 Å². The highest BCUT2D eigenvalue weighted by Crippen LogP contribution is 2.24. The second-order valence-corrected chi connectivity index (χ2v) is 4.54. The number of likely N-dealkylation sites (N-methyl/N-ethyl adjacent to an activating group) is 1. The molecule has 96 valence electrons. The summed E-state index contributed by atoms with van der Waals surface area (Å²) in [5, 5.41) is 8.83. The normalized spacial score (nSPS) is 10.9. The van der Waals surface area contributed by atoms with Crippen LogP contribution in [0.25, 0.3) is 0 Å². The fourth-order valence-electron chi connectivity index (χ4n) is 2.11. The summed E-state index contributed by atoms with van der Waals surface area (Å²) in [6, 6.07) is 4.36. The Balaban J connectivity index is 2.67. The van der Waals surface area contributed by atoms with Gasteiger partial charge < -0.3 is 14.7 Å². The number of methoxy groups -OCH3 is 1. The molecule has 0 amide bonds. The third-order valence-electron chi connectivity index (χ3n) is 2.99. The number of aliphatic hydroxyl groups is 1. The topological polar surface area (TPSA) is 32.7 Å². The highest BCUT2D eigenvalue weighted by Gasteiger charge is 2.06. The standard InChI is InChI=1S/C14H23NO2/c1-11-9-13(5-6-15(3)7-8-16)10-12(2)14(11)17-4/h9-10,16H,5-8H2,1-4H3. The molecule has 0 aromatic heterocycles. The molecule has 1 N–H and O–H groups in total. The molecule has 1 aromatic carbocycles. The Kier molecular flexibility index (Phi) is 5.45. The van der Waals surface area contributed by atoms with Crippen molar-refractivity contribution in [1.29, 1.82) is 0 Å². The van der Waals surface area contributed by atoms with Gasteiger partial charge in [-0.2, -0.15) is 0 Å². The fraction of sp³-hybridized carbons (Fsp3) is 0.571. The highest BCUT2D eigenvalue weighted by molar-refractivity contribution is 5.43. The molecule has 0 spiro atoms. The molecule has 0 unspecified atom stereocenters. The quantitative estimate of drug-likeness (QED) is 0.818. The third kappa shape index (κ3) is 4.02. The minimum Gasteiger partial charge on any atom is -0.496 e. The Hall–Kier alpha value is -1.06. The second kappa shape index (κ2) is 6.62. The molecule has 3 heteroatoms. The van der Waals surface area contributed by atoms with Crippen molar-refractivity contribution in [1.82, 2.24) is 4.90 Å². The lowest BCUT2D eigenvalue weighted by atomic mass is 10.0. The number of ether oxygens (including phenoxy) is 1. The summed E-state index contributed by atoms with van der Waals surface area (Å²) >= 11 is 0. The summed E-state index contributed by atoms with van der Waals surface area (Å²) in [7, 11) is 3.74. The molecule has 0 aliphatic carbocycles. The zero-order valence-corrected chi connectivity index (χ0v) is 11.3. The van der Waals surface area contributed by atoms with Gasteiger partial charge in [-0.1, -0.05) is 12.1 Å². The maximum absolute atomic E-state index is 8.83. The van der Waals surface area contributed by atoms with Crippen LogP contribution in [0.4, 0.5) is 0 Å². The summed E-state index contributed by atoms with van der Waals surface area (Å²) in [4.78, 5) is 2.13. The summed E-state index contributed by atoms with van der Waals surface area (Å²) in [5.74, 6) is 0.984. The minimum atomic E-state index is 0.219. The van der Waals surface area contributed by atoms with E-state index in [4.69, 9.17) is 9.84 Å². The van der Waals surface area contributed by atoms with Gasteiger partial charge in [-0.05, 0) is 44.0 Å². The summed E-state index contributed by atoms with van der Waals surface area (Å²) in [5.41, 5.74) is 3.70. The molecule has 0 saturated carbocycles. The van der Waals surface area contributed by atoms with Crippen LogP contribution in [0.3, 0.4) is 0 Å².